The van der Waals surface area contributed by atoms with Gasteiger partial charge in [0.1, 0.15) is 11.5 Å². The molecule has 156 valence electrons. The van der Waals surface area contributed by atoms with Crippen molar-refractivity contribution in [3.8, 4) is 11.5 Å². The first-order valence-corrected chi connectivity index (χ1v) is 10.2. The summed E-state index contributed by atoms with van der Waals surface area (Å²) >= 11 is 0. The normalized spacial score (nSPS) is 14.9. The van der Waals surface area contributed by atoms with E-state index < -0.39 is 0 Å². The second-order valence-electron chi connectivity index (χ2n) is 7.69. The largest absolute Gasteiger partial charge is 0.508 e. The molecule has 1 saturated heterocycles. The molecule has 2 N–H and O–H groups in total. The summed E-state index contributed by atoms with van der Waals surface area (Å²) in [5.74, 6) is -0.451. The first kappa shape index (κ1) is 21.1. The number of amides is 1. The van der Waals surface area contributed by atoms with Crippen LogP contribution >= 0.6 is 0 Å². The summed E-state index contributed by atoms with van der Waals surface area (Å²) < 4.78 is 5.39. The van der Waals surface area contributed by atoms with E-state index in [1.165, 1.54) is 11.6 Å². The summed E-state index contributed by atoms with van der Waals surface area (Å²) in [5, 5.41) is 20.3. The van der Waals surface area contributed by atoms with Gasteiger partial charge in [-0.3, -0.25) is 9.69 Å². The van der Waals surface area contributed by atoms with Crippen molar-refractivity contribution < 1.29 is 19.7 Å². The van der Waals surface area contributed by atoms with Gasteiger partial charge in [0, 0.05) is 37.9 Å². The van der Waals surface area contributed by atoms with Gasteiger partial charge in [0.05, 0.1) is 18.8 Å². The molecule has 0 spiro atoms. The lowest BCUT2D eigenvalue weighted by Crippen LogP contribution is -2.35. The van der Waals surface area contributed by atoms with E-state index >= 15 is 0 Å². The molecule has 1 heterocycles. The lowest BCUT2D eigenvalue weighted by molar-refractivity contribution is 0.0342. The molecule has 1 fully saturated rings. The SMILES string of the molecule is CCN(C(=O)c1cc(C(C)C)c(O)cc1O)c1ccc(CN2CCOCC2)cc1. The standard InChI is InChI=1S/C23H30N2O4/c1-4-25(23(28)20-13-19(16(2)3)21(26)14-22(20)27)18-7-5-17(6-8-18)15-24-9-11-29-12-10-24/h5-8,13-14,16,26-27H,4,9-12,15H2,1-3H3. The fourth-order valence-electron chi connectivity index (χ4n) is 3.62. The molecular weight excluding hydrogens is 368 g/mol. The number of carbonyl (C=O) groups is 1. The number of rotatable bonds is 6. The van der Waals surface area contributed by atoms with E-state index in [1.54, 1.807) is 11.0 Å². The van der Waals surface area contributed by atoms with E-state index in [0.717, 1.165) is 38.5 Å². The van der Waals surface area contributed by atoms with Crippen LogP contribution in [0.4, 0.5) is 5.69 Å². The van der Waals surface area contributed by atoms with Crippen LogP contribution < -0.4 is 4.90 Å². The highest BCUT2D eigenvalue weighted by atomic mass is 16.5. The lowest BCUT2D eigenvalue weighted by atomic mass is 9.98. The molecule has 1 aliphatic heterocycles. The van der Waals surface area contributed by atoms with Crippen molar-refractivity contribution >= 4 is 11.6 Å². The summed E-state index contributed by atoms with van der Waals surface area (Å²) in [6.07, 6.45) is 0. The Hall–Kier alpha value is -2.57. The zero-order chi connectivity index (χ0) is 21.0. The summed E-state index contributed by atoms with van der Waals surface area (Å²) in [5.41, 5.74) is 2.81. The van der Waals surface area contributed by atoms with Crippen LogP contribution in [0.15, 0.2) is 36.4 Å². The van der Waals surface area contributed by atoms with Gasteiger partial charge in [-0.25, -0.2) is 0 Å². The van der Waals surface area contributed by atoms with Crippen molar-refractivity contribution in [3.63, 3.8) is 0 Å². The molecule has 3 rings (SSSR count). The van der Waals surface area contributed by atoms with Crippen LogP contribution in [0.3, 0.4) is 0 Å². The lowest BCUT2D eigenvalue weighted by Gasteiger charge is -2.27. The number of hydrogen-bond acceptors (Lipinski definition) is 5. The first-order chi connectivity index (χ1) is 13.9. The van der Waals surface area contributed by atoms with Crippen molar-refractivity contribution in [2.45, 2.75) is 33.2 Å². The Bertz CT molecular complexity index is 843. The predicted molar refractivity (Wildman–Crippen MR) is 114 cm³/mol. The molecule has 0 aliphatic carbocycles. The topological polar surface area (TPSA) is 73.2 Å². The third kappa shape index (κ3) is 4.89. The third-order valence-electron chi connectivity index (χ3n) is 5.32. The number of anilines is 1. The van der Waals surface area contributed by atoms with Crippen LogP contribution in [0, 0.1) is 0 Å². The van der Waals surface area contributed by atoms with E-state index in [-0.39, 0.29) is 28.9 Å². The molecule has 0 unspecified atom stereocenters. The molecule has 0 aromatic heterocycles. The molecule has 0 atom stereocenters. The highest BCUT2D eigenvalue weighted by molar-refractivity contribution is 6.08. The Morgan fingerprint density at radius 1 is 1.10 bits per heavy atom. The number of carbonyl (C=O) groups excluding carboxylic acids is 1. The fraction of sp³-hybridized carbons (Fsp3) is 0.435. The van der Waals surface area contributed by atoms with Gasteiger partial charge in [-0.2, -0.15) is 0 Å². The van der Waals surface area contributed by atoms with Crippen molar-refractivity contribution in [2.24, 2.45) is 0 Å². The summed E-state index contributed by atoms with van der Waals surface area (Å²) in [6, 6.07) is 10.8. The monoisotopic (exact) mass is 398 g/mol. The molecule has 29 heavy (non-hydrogen) atoms. The Kier molecular flexibility index (Phi) is 6.77. The Morgan fingerprint density at radius 2 is 1.76 bits per heavy atom. The highest BCUT2D eigenvalue weighted by Crippen LogP contribution is 2.33. The second kappa shape index (κ2) is 9.29. The van der Waals surface area contributed by atoms with Crippen molar-refractivity contribution in [3.05, 3.63) is 53.1 Å². The Labute approximate surface area is 172 Å². The first-order valence-electron chi connectivity index (χ1n) is 10.2. The fourth-order valence-corrected chi connectivity index (χ4v) is 3.62. The number of ether oxygens (including phenoxy) is 1. The zero-order valence-corrected chi connectivity index (χ0v) is 17.4. The molecule has 2 aromatic carbocycles. The number of aromatic hydroxyl groups is 2. The van der Waals surface area contributed by atoms with Gasteiger partial charge < -0.3 is 19.8 Å². The van der Waals surface area contributed by atoms with Crippen LogP contribution in [0.2, 0.25) is 0 Å². The number of hydrogen-bond donors (Lipinski definition) is 2. The van der Waals surface area contributed by atoms with Gasteiger partial charge in [0.15, 0.2) is 0 Å². The van der Waals surface area contributed by atoms with Crippen LogP contribution in [-0.4, -0.2) is 53.9 Å². The molecule has 0 bridgehead atoms. The molecule has 1 aliphatic rings. The van der Waals surface area contributed by atoms with Crippen molar-refractivity contribution in [1.29, 1.82) is 0 Å². The number of benzene rings is 2. The van der Waals surface area contributed by atoms with Gasteiger partial charge in [0.25, 0.3) is 5.91 Å². The van der Waals surface area contributed by atoms with Crippen molar-refractivity contribution in [2.75, 3.05) is 37.7 Å². The van der Waals surface area contributed by atoms with E-state index in [0.29, 0.717) is 12.1 Å². The van der Waals surface area contributed by atoms with E-state index in [4.69, 9.17) is 4.74 Å². The number of morpholine rings is 1. The molecular formula is C23H30N2O4. The average Bonchev–Trinajstić information content (AvgIpc) is 2.70. The molecule has 0 saturated carbocycles. The van der Waals surface area contributed by atoms with Gasteiger partial charge in [0.2, 0.25) is 0 Å². The molecule has 2 aromatic rings. The molecule has 1 amide bonds. The van der Waals surface area contributed by atoms with Gasteiger partial charge in [-0.05, 0) is 42.2 Å². The number of phenolic OH excluding ortho intramolecular Hbond substituents is 2. The average molecular weight is 399 g/mol. The number of nitrogens with zero attached hydrogens (tertiary/aromatic N) is 2. The minimum atomic E-state index is -0.284. The minimum absolute atomic E-state index is 0.00423. The quantitative estimate of drug-likeness (QED) is 0.776. The van der Waals surface area contributed by atoms with Gasteiger partial charge in [-0.1, -0.05) is 26.0 Å². The van der Waals surface area contributed by atoms with Crippen LogP contribution in [0.5, 0.6) is 11.5 Å². The predicted octanol–water partition coefficient (Wildman–Crippen LogP) is 3.72. The van der Waals surface area contributed by atoms with Gasteiger partial charge >= 0.3 is 0 Å². The smallest absolute Gasteiger partial charge is 0.262 e. The Morgan fingerprint density at radius 3 is 2.34 bits per heavy atom. The summed E-state index contributed by atoms with van der Waals surface area (Å²) in [4.78, 5) is 17.1. The van der Waals surface area contributed by atoms with E-state index in [9.17, 15) is 15.0 Å². The number of phenols is 2. The van der Waals surface area contributed by atoms with Gasteiger partial charge in [-0.15, -0.1) is 0 Å². The Balaban J connectivity index is 1.80. The second-order valence-corrected chi connectivity index (χ2v) is 7.69. The maximum absolute atomic E-state index is 13.1. The summed E-state index contributed by atoms with van der Waals surface area (Å²) in [6.45, 7) is 10.5. The zero-order valence-electron chi connectivity index (χ0n) is 17.4. The van der Waals surface area contributed by atoms with Crippen LogP contribution in [-0.2, 0) is 11.3 Å². The highest BCUT2D eigenvalue weighted by Gasteiger charge is 2.22. The van der Waals surface area contributed by atoms with Crippen LogP contribution in [0.25, 0.3) is 0 Å². The minimum Gasteiger partial charge on any atom is -0.508 e. The molecule has 6 heteroatoms. The van der Waals surface area contributed by atoms with E-state index in [1.807, 2.05) is 45.0 Å². The maximum atomic E-state index is 13.1. The van der Waals surface area contributed by atoms with E-state index in [2.05, 4.69) is 4.90 Å². The molecule has 0 radical (unpaired) electrons. The molecule has 6 nitrogen and oxygen atoms in total. The summed E-state index contributed by atoms with van der Waals surface area (Å²) in [7, 11) is 0. The van der Waals surface area contributed by atoms with Crippen molar-refractivity contribution in [1.82, 2.24) is 4.90 Å². The maximum Gasteiger partial charge on any atom is 0.262 e. The third-order valence-corrected chi connectivity index (χ3v) is 5.32. The van der Waals surface area contributed by atoms with Crippen LogP contribution in [0.1, 0.15) is 48.2 Å².